The summed E-state index contributed by atoms with van der Waals surface area (Å²) in [5.74, 6) is 1.06. The topological polar surface area (TPSA) is 143 Å². The Kier molecular flexibility index (Phi) is 7.84. The quantitative estimate of drug-likeness (QED) is 0.151. The van der Waals surface area contributed by atoms with E-state index in [1.54, 1.807) is 0 Å². The first-order chi connectivity index (χ1) is 20.4. The third-order valence-corrected chi connectivity index (χ3v) is 15.4. The molecule has 0 aromatic heterocycles. The van der Waals surface area contributed by atoms with Crippen LogP contribution in [0.1, 0.15) is 113 Å². The maximum atomic E-state index is 12.3. The molecule has 8 heteroatoms. The third kappa shape index (κ3) is 4.26. The van der Waals surface area contributed by atoms with Crippen LogP contribution in [0.2, 0.25) is 0 Å². The van der Waals surface area contributed by atoms with Crippen molar-refractivity contribution in [2.24, 2.45) is 55.4 Å². The summed E-state index contributed by atoms with van der Waals surface area (Å²) in [6.07, 6.45) is 4.51. The largest absolute Gasteiger partial charge is 0.411 e. The van der Waals surface area contributed by atoms with Crippen molar-refractivity contribution in [3.05, 3.63) is 11.6 Å². The summed E-state index contributed by atoms with van der Waals surface area (Å²) in [6, 6.07) is 0. The van der Waals surface area contributed by atoms with Gasteiger partial charge in [0.25, 0.3) is 0 Å². The standard InChI is InChI=1S/C36H59NO7/c1-31(2)14-16-36(30(42)29-28(41)27(40)26(39)22(19-38)44-29)17-15-34(6)20(21(36)18-31)8-9-24-33(5)12-11-25(37-43)32(3,4)23(33)10-13-35(24,34)7/h8,21-24,26-30,38-43H,9-19H2,1-7H3/b37-25+/t21?,22?,23?,24?,26-,27?,28?,29-,30+,33-,34+,35+,36-/m0/s1. The zero-order valence-electron chi connectivity index (χ0n) is 28.1. The van der Waals surface area contributed by atoms with E-state index in [1.165, 1.54) is 5.57 Å². The number of aliphatic hydroxyl groups is 5. The first-order valence-electron chi connectivity index (χ1n) is 17.3. The number of nitrogens with zero attached hydrogens (tertiary/aromatic N) is 1. The van der Waals surface area contributed by atoms with Gasteiger partial charge in [-0.1, -0.05) is 65.3 Å². The van der Waals surface area contributed by atoms with Gasteiger partial charge >= 0.3 is 0 Å². The number of rotatable bonds is 3. The minimum atomic E-state index is -1.50. The number of fused-ring (bicyclic) bond motifs is 7. The minimum absolute atomic E-state index is 0.0456. The van der Waals surface area contributed by atoms with Crippen molar-refractivity contribution in [3.8, 4) is 0 Å². The van der Waals surface area contributed by atoms with Gasteiger partial charge in [-0.05, 0) is 104 Å². The van der Waals surface area contributed by atoms with Crippen molar-refractivity contribution >= 4 is 5.71 Å². The van der Waals surface area contributed by atoms with Crippen molar-refractivity contribution in [2.45, 2.75) is 149 Å². The average Bonchev–Trinajstić information content (AvgIpc) is 2.95. The number of aliphatic hydroxyl groups excluding tert-OH is 5. The second kappa shape index (κ2) is 10.5. The van der Waals surface area contributed by atoms with Crippen LogP contribution in [-0.2, 0) is 4.74 Å². The summed E-state index contributed by atoms with van der Waals surface area (Å²) in [6.45, 7) is 16.3. The van der Waals surface area contributed by atoms with Gasteiger partial charge in [0.2, 0.25) is 0 Å². The molecule has 0 spiro atoms. The molecule has 6 aliphatic rings. The Labute approximate surface area is 264 Å². The van der Waals surface area contributed by atoms with Crippen LogP contribution in [0.15, 0.2) is 16.8 Å². The van der Waals surface area contributed by atoms with Gasteiger partial charge in [-0.3, -0.25) is 0 Å². The van der Waals surface area contributed by atoms with E-state index < -0.39 is 48.6 Å². The molecule has 0 bridgehead atoms. The lowest BCUT2D eigenvalue weighted by molar-refractivity contribution is -0.272. The van der Waals surface area contributed by atoms with Gasteiger partial charge in [-0.15, -0.1) is 0 Å². The number of hydrogen-bond acceptors (Lipinski definition) is 8. The molecule has 250 valence electrons. The predicted octanol–water partition coefficient (Wildman–Crippen LogP) is 4.82. The summed E-state index contributed by atoms with van der Waals surface area (Å²) < 4.78 is 6.01. The van der Waals surface area contributed by atoms with E-state index in [4.69, 9.17) is 4.74 Å². The first kappa shape index (κ1) is 32.9. The number of oxime groups is 1. The van der Waals surface area contributed by atoms with Crippen molar-refractivity contribution < 1.29 is 35.5 Å². The zero-order chi connectivity index (χ0) is 32.3. The van der Waals surface area contributed by atoms with Gasteiger partial charge < -0.3 is 35.5 Å². The summed E-state index contributed by atoms with van der Waals surface area (Å²) in [4.78, 5) is 0. The zero-order valence-corrected chi connectivity index (χ0v) is 28.1. The Morgan fingerprint density at radius 1 is 0.886 bits per heavy atom. The fraction of sp³-hybridized carbons (Fsp3) is 0.917. The molecule has 5 fully saturated rings. The molecule has 4 saturated carbocycles. The molecule has 1 saturated heterocycles. The van der Waals surface area contributed by atoms with Gasteiger partial charge in [0.15, 0.2) is 0 Å². The summed E-state index contributed by atoms with van der Waals surface area (Å²) in [7, 11) is 0. The highest BCUT2D eigenvalue weighted by molar-refractivity contribution is 5.90. The van der Waals surface area contributed by atoms with Gasteiger partial charge in [0.05, 0.1) is 18.4 Å². The van der Waals surface area contributed by atoms with Crippen LogP contribution < -0.4 is 0 Å². The summed E-state index contributed by atoms with van der Waals surface area (Å²) >= 11 is 0. The molecule has 13 atom stereocenters. The molecule has 0 aromatic rings. The lowest BCUT2D eigenvalue weighted by atomic mass is 9.33. The van der Waals surface area contributed by atoms with Crippen molar-refractivity contribution in [1.82, 2.24) is 0 Å². The van der Waals surface area contributed by atoms with Gasteiger partial charge in [-0.2, -0.15) is 0 Å². The monoisotopic (exact) mass is 617 g/mol. The smallest absolute Gasteiger partial charge is 0.113 e. The molecule has 8 nitrogen and oxygen atoms in total. The summed E-state index contributed by atoms with van der Waals surface area (Å²) in [5, 5.41) is 68.0. The fourth-order valence-corrected chi connectivity index (χ4v) is 12.5. The van der Waals surface area contributed by atoms with Crippen LogP contribution in [0.25, 0.3) is 0 Å². The molecule has 1 heterocycles. The number of ether oxygens (including phenoxy) is 1. The van der Waals surface area contributed by atoms with Gasteiger partial charge in [0, 0.05) is 10.8 Å². The van der Waals surface area contributed by atoms with E-state index in [2.05, 4.69) is 59.7 Å². The van der Waals surface area contributed by atoms with Crippen LogP contribution in [0.4, 0.5) is 0 Å². The van der Waals surface area contributed by atoms with Gasteiger partial charge in [-0.25, -0.2) is 0 Å². The second-order valence-corrected chi connectivity index (χ2v) is 18.0. The lowest BCUT2D eigenvalue weighted by Crippen LogP contribution is -2.68. The minimum Gasteiger partial charge on any atom is -0.411 e. The molecule has 6 N–H and O–H groups in total. The van der Waals surface area contributed by atoms with E-state index in [9.17, 15) is 30.7 Å². The maximum absolute atomic E-state index is 12.3. The number of allylic oxidation sites excluding steroid dienone is 2. The molecule has 5 aliphatic carbocycles. The first-order valence-corrected chi connectivity index (χ1v) is 17.3. The van der Waals surface area contributed by atoms with Crippen LogP contribution in [0, 0.1) is 50.2 Å². The van der Waals surface area contributed by atoms with Crippen molar-refractivity contribution in [3.63, 3.8) is 0 Å². The van der Waals surface area contributed by atoms with Crippen LogP contribution in [-0.4, -0.2) is 79.7 Å². The SMILES string of the molecule is CC1(C)CC[C@]2([C@H](O)[C@H]3OC(CO)[C@H](O)C(O)C3O)CC[C@]3(C)C(=CCC4[C@@]5(C)CC/C(=N\O)C(C)(C)C5CC[C@]43C)C2C1. The van der Waals surface area contributed by atoms with Crippen molar-refractivity contribution in [1.29, 1.82) is 0 Å². The highest BCUT2D eigenvalue weighted by Crippen LogP contribution is 2.76. The van der Waals surface area contributed by atoms with Crippen LogP contribution >= 0.6 is 0 Å². The molecular formula is C36H59NO7. The molecule has 0 radical (unpaired) electrons. The Balaban J connectivity index is 1.40. The molecule has 0 amide bonds. The number of hydrogen-bond donors (Lipinski definition) is 6. The Morgan fingerprint density at radius 2 is 1.57 bits per heavy atom. The molecule has 1 aliphatic heterocycles. The average molecular weight is 618 g/mol. The third-order valence-electron chi connectivity index (χ3n) is 15.4. The fourth-order valence-electron chi connectivity index (χ4n) is 12.5. The molecular weight excluding hydrogens is 558 g/mol. The second-order valence-electron chi connectivity index (χ2n) is 18.0. The van der Waals surface area contributed by atoms with E-state index >= 15 is 0 Å². The van der Waals surface area contributed by atoms with E-state index in [0.717, 1.165) is 69.9 Å². The molecule has 6 unspecified atom stereocenters. The Morgan fingerprint density at radius 3 is 2.23 bits per heavy atom. The highest BCUT2D eigenvalue weighted by Gasteiger charge is 2.69. The molecule has 6 rings (SSSR count). The van der Waals surface area contributed by atoms with E-state index in [-0.39, 0.29) is 33.0 Å². The maximum Gasteiger partial charge on any atom is 0.113 e. The van der Waals surface area contributed by atoms with Crippen LogP contribution in [0.5, 0.6) is 0 Å². The normalized spacial score (nSPS) is 53.0. The van der Waals surface area contributed by atoms with Gasteiger partial charge in [0.1, 0.15) is 30.5 Å². The molecule has 44 heavy (non-hydrogen) atoms. The van der Waals surface area contributed by atoms with E-state index in [1.807, 2.05) is 0 Å². The highest BCUT2D eigenvalue weighted by atomic mass is 16.6. The summed E-state index contributed by atoms with van der Waals surface area (Å²) in [5.41, 5.74) is 1.99. The van der Waals surface area contributed by atoms with E-state index in [0.29, 0.717) is 11.8 Å². The predicted molar refractivity (Wildman–Crippen MR) is 168 cm³/mol. The Hall–Kier alpha value is -1.03. The molecule has 0 aromatic carbocycles. The Bertz CT molecular complexity index is 1200. The van der Waals surface area contributed by atoms with Crippen LogP contribution in [0.3, 0.4) is 0 Å². The van der Waals surface area contributed by atoms with Crippen molar-refractivity contribution in [2.75, 3.05) is 6.61 Å². The lowest BCUT2D eigenvalue weighted by Gasteiger charge is -2.71.